The van der Waals surface area contributed by atoms with Gasteiger partial charge in [0.2, 0.25) is 0 Å². The zero-order valence-corrected chi connectivity index (χ0v) is 20.8. The summed E-state index contributed by atoms with van der Waals surface area (Å²) in [6.45, 7) is 5.29. The number of unbranched alkanes of at least 4 members (excludes halogenated alkanes) is 18. The average molecular weight is 429 g/mol. The van der Waals surface area contributed by atoms with E-state index >= 15 is 0 Å². The molecule has 0 aliphatic rings. The first-order valence-corrected chi connectivity index (χ1v) is 13.6. The summed E-state index contributed by atoms with van der Waals surface area (Å²) in [6, 6.07) is 0. The Balaban J connectivity index is 3.36. The van der Waals surface area contributed by atoms with Crippen LogP contribution in [-0.4, -0.2) is 35.6 Å². The van der Waals surface area contributed by atoms with Crippen LogP contribution >= 0.6 is 0 Å². The zero-order valence-electron chi connectivity index (χ0n) is 20.8. The maximum absolute atomic E-state index is 10.5. The minimum atomic E-state index is -1.04. The van der Waals surface area contributed by atoms with Gasteiger partial charge in [0.15, 0.2) is 0 Å². The molecule has 0 heterocycles. The van der Waals surface area contributed by atoms with Crippen molar-refractivity contribution >= 4 is 0 Å². The lowest BCUT2D eigenvalue weighted by Crippen LogP contribution is -2.38. The van der Waals surface area contributed by atoms with Crippen LogP contribution in [0.25, 0.3) is 0 Å². The largest absolute Gasteiger partial charge is 0.393 e. The van der Waals surface area contributed by atoms with Crippen molar-refractivity contribution in [3.8, 4) is 0 Å². The Morgan fingerprint density at radius 1 is 0.533 bits per heavy atom. The SMILES string of the molecule is CCCCCCCCCCCCCCCCOCC(O)(CO)CCCCCCCC. The molecule has 3 heteroatoms. The van der Waals surface area contributed by atoms with Gasteiger partial charge in [-0.3, -0.25) is 0 Å². The highest BCUT2D eigenvalue weighted by molar-refractivity contribution is 4.77. The van der Waals surface area contributed by atoms with Crippen molar-refractivity contribution in [2.45, 2.75) is 154 Å². The summed E-state index contributed by atoms with van der Waals surface area (Å²) >= 11 is 0. The van der Waals surface area contributed by atoms with Crippen molar-refractivity contribution in [1.29, 1.82) is 0 Å². The normalized spacial score (nSPS) is 13.6. The highest BCUT2D eigenvalue weighted by Crippen LogP contribution is 2.17. The molecule has 30 heavy (non-hydrogen) atoms. The van der Waals surface area contributed by atoms with E-state index in [0.29, 0.717) is 13.0 Å². The van der Waals surface area contributed by atoms with Gasteiger partial charge in [-0.05, 0) is 12.8 Å². The molecule has 1 atom stereocenters. The molecular formula is C27H56O3. The molecule has 0 radical (unpaired) electrons. The molecule has 0 aliphatic heterocycles. The number of hydrogen-bond acceptors (Lipinski definition) is 3. The van der Waals surface area contributed by atoms with Crippen molar-refractivity contribution in [2.75, 3.05) is 19.8 Å². The lowest BCUT2D eigenvalue weighted by Gasteiger charge is -2.25. The third kappa shape index (κ3) is 21.1. The first-order chi connectivity index (χ1) is 14.7. The van der Waals surface area contributed by atoms with E-state index in [1.165, 1.54) is 109 Å². The topological polar surface area (TPSA) is 49.7 Å². The van der Waals surface area contributed by atoms with Gasteiger partial charge < -0.3 is 14.9 Å². The second kappa shape index (κ2) is 23.5. The summed E-state index contributed by atoms with van der Waals surface area (Å²) in [7, 11) is 0. The van der Waals surface area contributed by atoms with Gasteiger partial charge in [0.25, 0.3) is 0 Å². The molecule has 0 aromatic heterocycles. The summed E-state index contributed by atoms with van der Waals surface area (Å²) in [4.78, 5) is 0. The third-order valence-electron chi connectivity index (χ3n) is 6.30. The Bertz CT molecular complexity index is 321. The van der Waals surface area contributed by atoms with Crippen LogP contribution in [0.5, 0.6) is 0 Å². The van der Waals surface area contributed by atoms with E-state index in [1.54, 1.807) is 0 Å². The Labute approximate surface area is 189 Å². The fraction of sp³-hybridized carbons (Fsp3) is 1.00. The van der Waals surface area contributed by atoms with Crippen LogP contribution in [0, 0.1) is 0 Å². The minimum Gasteiger partial charge on any atom is -0.393 e. The quantitative estimate of drug-likeness (QED) is 0.145. The number of hydrogen-bond donors (Lipinski definition) is 2. The van der Waals surface area contributed by atoms with E-state index in [0.717, 1.165) is 19.3 Å². The molecule has 2 N–H and O–H groups in total. The van der Waals surface area contributed by atoms with Crippen LogP contribution in [0.3, 0.4) is 0 Å². The van der Waals surface area contributed by atoms with Gasteiger partial charge in [0, 0.05) is 6.61 Å². The van der Waals surface area contributed by atoms with Crippen LogP contribution in [-0.2, 0) is 4.74 Å². The molecule has 182 valence electrons. The van der Waals surface area contributed by atoms with Gasteiger partial charge in [-0.1, -0.05) is 136 Å². The third-order valence-corrected chi connectivity index (χ3v) is 6.30. The predicted octanol–water partition coefficient (Wildman–Crippen LogP) is 7.96. The fourth-order valence-electron chi connectivity index (χ4n) is 4.09. The monoisotopic (exact) mass is 428 g/mol. The molecule has 1 unspecified atom stereocenters. The van der Waals surface area contributed by atoms with Gasteiger partial charge in [-0.25, -0.2) is 0 Å². The summed E-state index contributed by atoms with van der Waals surface area (Å²) in [6.07, 6.45) is 26.8. The zero-order chi connectivity index (χ0) is 22.2. The van der Waals surface area contributed by atoms with Crippen molar-refractivity contribution < 1.29 is 14.9 Å². The maximum Gasteiger partial charge on any atom is 0.111 e. The highest BCUT2D eigenvalue weighted by Gasteiger charge is 2.25. The van der Waals surface area contributed by atoms with Crippen LogP contribution in [0.2, 0.25) is 0 Å². The van der Waals surface area contributed by atoms with Gasteiger partial charge in [-0.2, -0.15) is 0 Å². The number of ether oxygens (including phenoxy) is 1. The Hall–Kier alpha value is -0.120. The van der Waals surface area contributed by atoms with E-state index in [4.69, 9.17) is 4.74 Å². The second-order valence-electron chi connectivity index (χ2n) is 9.55. The van der Waals surface area contributed by atoms with Crippen LogP contribution in [0.4, 0.5) is 0 Å². The Morgan fingerprint density at radius 3 is 1.30 bits per heavy atom. The molecule has 0 aromatic carbocycles. The summed E-state index contributed by atoms with van der Waals surface area (Å²) < 4.78 is 5.68. The maximum atomic E-state index is 10.5. The highest BCUT2D eigenvalue weighted by atomic mass is 16.5. The molecule has 0 bridgehead atoms. The number of aliphatic hydroxyl groups excluding tert-OH is 1. The van der Waals surface area contributed by atoms with E-state index in [-0.39, 0.29) is 13.2 Å². The molecule has 0 saturated carbocycles. The van der Waals surface area contributed by atoms with E-state index in [1.807, 2.05) is 0 Å². The van der Waals surface area contributed by atoms with E-state index < -0.39 is 5.60 Å². The predicted molar refractivity (Wildman–Crippen MR) is 131 cm³/mol. The molecule has 0 amide bonds. The van der Waals surface area contributed by atoms with Crippen molar-refractivity contribution in [3.63, 3.8) is 0 Å². The van der Waals surface area contributed by atoms with Gasteiger partial charge in [0.1, 0.15) is 5.60 Å². The van der Waals surface area contributed by atoms with Crippen LogP contribution < -0.4 is 0 Å². The lowest BCUT2D eigenvalue weighted by atomic mass is 9.97. The average Bonchev–Trinajstić information content (AvgIpc) is 2.76. The molecule has 0 aliphatic carbocycles. The molecule has 0 saturated heterocycles. The van der Waals surface area contributed by atoms with Crippen molar-refractivity contribution in [2.24, 2.45) is 0 Å². The van der Waals surface area contributed by atoms with Crippen molar-refractivity contribution in [3.05, 3.63) is 0 Å². The number of rotatable bonds is 25. The summed E-state index contributed by atoms with van der Waals surface area (Å²) in [5.41, 5.74) is -1.04. The lowest BCUT2D eigenvalue weighted by molar-refractivity contribution is -0.0840. The molecule has 3 nitrogen and oxygen atoms in total. The molecule has 0 rings (SSSR count). The Kier molecular flexibility index (Phi) is 23.4. The molecule has 0 fully saturated rings. The second-order valence-corrected chi connectivity index (χ2v) is 9.55. The smallest absolute Gasteiger partial charge is 0.111 e. The Morgan fingerprint density at radius 2 is 0.900 bits per heavy atom. The van der Waals surface area contributed by atoms with Crippen LogP contribution in [0.1, 0.15) is 149 Å². The standard InChI is InChI=1S/C27H56O3/c1-3-5-7-9-11-12-13-14-15-16-17-18-20-22-24-30-26-27(29,25-28)23-21-19-10-8-6-4-2/h28-29H,3-26H2,1-2H3. The minimum absolute atomic E-state index is 0.194. The molecule has 0 spiro atoms. The van der Waals surface area contributed by atoms with Gasteiger partial charge in [0.05, 0.1) is 13.2 Å². The molecular weight excluding hydrogens is 372 g/mol. The van der Waals surface area contributed by atoms with Crippen molar-refractivity contribution in [1.82, 2.24) is 0 Å². The summed E-state index contributed by atoms with van der Waals surface area (Å²) in [5, 5.41) is 20.0. The molecule has 0 aromatic rings. The number of aliphatic hydroxyl groups is 2. The first-order valence-electron chi connectivity index (χ1n) is 13.6. The van der Waals surface area contributed by atoms with Gasteiger partial charge >= 0.3 is 0 Å². The van der Waals surface area contributed by atoms with E-state index in [9.17, 15) is 10.2 Å². The van der Waals surface area contributed by atoms with Gasteiger partial charge in [-0.15, -0.1) is 0 Å². The fourth-order valence-corrected chi connectivity index (χ4v) is 4.09. The van der Waals surface area contributed by atoms with E-state index in [2.05, 4.69) is 13.8 Å². The van der Waals surface area contributed by atoms with Crippen LogP contribution in [0.15, 0.2) is 0 Å². The summed E-state index contributed by atoms with van der Waals surface area (Å²) in [5.74, 6) is 0. The first kappa shape index (κ1) is 29.9.